The molecule has 0 fully saturated rings. The summed E-state index contributed by atoms with van der Waals surface area (Å²) in [7, 11) is 0. The number of hydrogen-bond acceptors (Lipinski definition) is 1. The molecule has 0 aliphatic rings. The first-order valence-corrected chi connectivity index (χ1v) is 9.62. The maximum atomic E-state index is 5.64. The molecule has 0 bridgehead atoms. The van der Waals surface area contributed by atoms with E-state index in [4.69, 9.17) is 12.2 Å². The molecule has 0 aliphatic heterocycles. The smallest absolute Gasteiger partial charge is 0.171 e. The Morgan fingerprint density at radius 3 is 2.19 bits per heavy atom. The molecule has 0 heterocycles. The van der Waals surface area contributed by atoms with Crippen molar-refractivity contribution in [3.63, 3.8) is 0 Å². The van der Waals surface area contributed by atoms with Gasteiger partial charge in [0.25, 0.3) is 0 Å². The molecule has 3 rings (SSSR count). The van der Waals surface area contributed by atoms with Gasteiger partial charge in [-0.25, -0.2) is 0 Å². The summed E-state index contributed by atoms with van der Waals surface area (Å²) in [5.41, 5.74) is 8.46. The average Bonchev–Trinajstić information content (AvgIpc) is 2.64. The van der Waals surface area contributed by atoms with Crippen LogP contribution in [0.15, 0.2) is 66.7 Å². The molecule has 0 spiro atoms. The number of thiocarbonyl (C=S) groups is 1. The molecule has 3 aromatic carbocycles. The SMILES string of the molecule is Cc1ccc([C@H](NC(=S)Nc2ccc(C)c(C)c2)c2ccccc2)c(C)c1. The Bertz CT molecular complexity index is 948. The molecule has 0 aromatic heterocycles. The molecule has 0 unspecified atom stereocenters. The van der Waals surface area contributed by atoms with Gasteiger partial charge < -0.3 is 10.6 Å². The van der Waals surface area contributed by atoms with Gasteiger partial charge in [0.15, 0.2) is 5.11 Å². The van der Waals surface area contributed by atoms with Crippen LogP contribution in [0.25, 0.3) is 0 Å². The van der Waals surface area contributed by atoms with E-state index in [9.17, 15) is 0 Å². The van der Waals surface area contributed by atoms with E-state index < -0.39 is 0 Å². The van der Waals surface area contributed by atoms with Gasteiger partial charge >= 0.3 is 0 Å². The summed E-state index contributed by atoms with van der Waals surface area (Å²) in [6.07, 6.45) is 0. The molecule has 138 valence electrons. The monoisotopic (exact) mass is 374 g/mol. The molecule has 2 N–H and O–H groups in total. The van der Waals surface area contributed by atoms with Gasteiger partial charge in [-0.15, -0.1) is 0 Å². The zero-order valence-electron chi connectivity index (χ0n) is 16.3. The highest BCUT2D eigenvalue weighted by molar-refractivity contribution is 7.80. The Labute approximate surface area is 167 Å². The molecular formula is C24H26N2S. The second-order valence-electron chi connectivity index (χ2n) is 7.10. The predicted octanol–water partition coefficient (Wildman–Crippen LogP) is 6.00. The average molecular weight is 375 g/mol. The fraction of sp³-hybridized carbons (Fsp3) is 0.208. The maximum absolute atomic E-state index is 5.64. The summed E-state index contributed by atoms with van der Waals surface area (Å²) in [6.45, 7) is 8.49. The normalized spacial score (nSPS) is 11.7. The number of aryl methyl sites for hydroxylation is 4. The Kier molecular flexibility index (Phi) is 5.92. The first-order valence-electron chi connectivity index (χ1n) is 9.21. The van der Waals surface area contributed by atoms with E-state index in [2.05, 4.69) is 99.0 Å². The lowest BCUT2D eigenvalue weighted by atomic mass is 9.94. The summed E-state index contributed by atoms with van der Waals surface area (Å²) in [4.78, 5) is 0. The third-order valence-electron chi connectivity index (χ3n) is 4.91. The van der Waals surface area contributed by atoms with Crippen LogP contribution in [-0.2, 0) is 0 Å². The van der Waals surface area contributed by atoms with Crippen LogP contribution in [0.4, 0.5) is 5.69 Å². The second-order valence-corrected chi connectivity index (χ2v) is 7.51. The van der Waals surface area contributed by atoms with Crippen molar-refractivity contribution >= 4 is 23.0 Å². The summed E-state index contributed by atoms with van der Waals surface area (Å²) < 4.78 is 0. The lowest BCUT2D eigenvalue weighted by Crippen LogP contribution is -2.33. The Morgan fingerprint density at radius 1 is 0.778 bits per heavy atom. The van der Waals surface area contributed by atoms with E-state index in [1.165, 1.54) is 33.4 Å². The van der Waals surface area contributed by atoms with Crippen LogP contribution in [0, 0.1) is 27.7 Å². The van der Waals surface area contributed by atoms with Gasteiger partial charge in [0.2, 0.25) is 0 Å². The van der Waals surface area contributed by atoms with Gasteiger partial charge in [-0.2, -0.15) is 0 Å². The van der Waals surface area contributed by atoms with Crippen molar-refractivity contribution in [3.8, 4) is 0 Å². The summed E-state index contributed by atoms with van der Waals surface area (Å²) in [6, 6.07) is 23.3. The van der Waals surface area contributed by atoms with Crippen LogP contribution >= 0.6 is 12.2 Å². The maximum Gasteiger partial charge on any atom is 0.171 e. The van der Waals surface area contributed by atoms with Crippen LogP contribution < -0.4 is 10.6 Å². The van der Waals surface area contributed by atoms with Crippen LogP contribution in [0.2, 0.25) is 0 Å². The topological polar surface area (TPSA) is 24.1 Å². The quantitative estimate of drug-likeness (QED) is 0.548. The van der Waals surface area contributed by atoms with Crippen LogP contribution in [-0.4, -0.2) is 5.11 Å². The molecule has 1 atom stereocenters. The van der Waals surface area contributed by atoms with Crippen molar-refractivity contribution in [2.45, 2.75) is 33.7 Å². The highest BCUT2D eigenvalue weighted by Gasteiger charge is 2.17. The minimum Gasteiger partial charge on any atom is -0.352 e. The molecule has 0 radical (unpaired) electrons. The largest absolute Gasteiger partial charge is 0.352 e. The standard InChI is InChI=1S/C24H26N2S/c1-16-10-13-22(19(4)14-16)23(20-8-6-5-7-9-20)26-24(27)25-21-12-11-17(2)18(3)15-21/h5-15,23H,1-4H3,(H2,25,26,27)/t23-/m1/s1. The highest BCUT2D eigenvalue weighted by atomic mass is 32.1. The zero-order chi connectivity index (χ0) is 19.4. The third kappa shape index (κ3) is 4.75. The first-order chi connectivity index (χ1) is 12.9. The van der Waals surface area contributed by atoms with Gasteiger partial charge in [-0.05, 0) is 79.9 Å². The number of benzene rings is 3. The van der Waals surface area contributed by atoms with Crippen LogP contribution in [0.5, 0.6) is 0 Å². The highest BCUT2D eigenvalue weighted by Crippen LogP contribution is 2.26. The summed E-state index contributed by atoms with van der Waals surface area (Å²) >= 11 is 5.64. The number of hydrogen-bond donors (Lipinski definition) is 2. The molecular weight excluding hydrogens is 348 g/mol. The lowest BCUT2D eigenvalue weighted by molar-refractivity contribution is 0.762. The zero-order valence-corrected chi connectivity index (χ0v) is 17.2. The number of nitrogens with one attached hydrogen (secondary N) is 2. The molecule has 3 heteroatoms. The van der Waals surface area contributed by atoms with E-state index >= 15 is 0 Å². The predicted molar refractivity (Wildman–Crippen MR) is 119 cm³/mol. The summed E-state index contributed by atoms with van der Waals surface area (Å²) in [5.74, 6) is 0. The second kappa shape index (κ2) is 8.36. The van der Waals surface area contributed by atoms with Crippen molar-refractivity contribution in [1.29, 1.82) is 0 Å². The van der Waals surface area contributed by atoms with E-state index in [0.717, 1.165) is 5.69 Å². The van der Waals surface area contributed by atoms with E-state index in [1.54, 1.807) is 0 Å². The third-order valence-corrected chi connectivity index (χ3v) is 5.13. The molecule has 0 saturated carbocycles. The molecule has 0 aliphatic carbocycles. The van der Waals surface area contributed by atoms with Crippen LogP contribution in [0.1, 0.15) is 39.4 Å². The summed E-state index contributed by atoms with van der Waals surface area (Å²) in [5, 5.41) is 7.46. The molecule has 0 saturated heterocycles. The molecule has 3 aromatic rings. The molecule has 2 nitrogen and oxygen atoms in total. The first kappa shape index (κ1) is 19.1. The minimum atomic E-state index is -0.00153. The lowest BCUT2D eigenvalue weighted by Gasteiger charge is -2.24. The van der Waals surface area contributed by atoms with Crippen LogP contribution in [0.3, 0.4) is 0 Å². The van der Waals surface area contributed by atoms with Gasteiger partial charge in [0.1, 0.15) is 0 Å². The Hall–Kier alpha value is -2.65. The molecule has 27 heavy (non-hydrogen) atoms. The van der Waals surface area contributed by atoms with Gasteiger partial charge in [-0.1, -0.05) is 60.2 Å². The molecule has 0 amide bonds. The number of anilines is 1. The van der Waals surface area contributed by atoms with Gasteiger partial charge in [-0.3, -0.25) is 0 Å². The van der Waals surface area contributed by atoms with Gasteiger partial charge in [0, 0.05) is 5.69 Å². The van der Waals surface area contributed by atoms with E-state index in [0.29, 0.717) is 5.11 Å². The van der Waals surface area contributed by atoms with Crippen molar-refractivity contribution in [1.82, 2.24) is 5.32 Å². The van der Waals surface area contributed by atoms with Crippen molar-refractivity contribution in [3.05, 3.63) is 100 Å². The fourth-order valence-electron chi connectivity index (χ4n) is 3.25. The minimum absolute atomic E-state index is 0.00153. The van der Waals surface area contributed by atoms with E-state index in [-0.39, 0.29) is 6.04 Å². The Morgan fingerprint density at radius 2 is 1.52 bits per heavy atom. The van der Waals surface area contributed by atoms with Crippen molar-refractivity contribution < 1.29 is 0 Å². The van der Waals surface area contributed by atoms with Gasteiger partial charge in [0.05, 0.1) is 6.04 Å². The Balaban J connectivity index is 1.87. The number of rotatable bonds is 4. The van der Waals surface area contributed by atoms with Crippen molar-refractivity contribution in [2.75, 3.05) is 5.32 Å². The van der Waals surface area contributed by atoms with Crippen molar-refractivity contribution in [2.24, 2.45) is 0 Å². The van der Waals surface area contributed by atoms with E-state index in [1.807, 2.05) is 6.07 Å². The fourth-order valence-corrected chi connectivity index (χ4v) is 3.49.